The molecule has 1 aliphatic heterocycles. The summed E-state index contributed by atoms with van der Waals surface area (Å²) in [5.74, 6) is -0.341. The van der Waals surface area contributed by atoms with Gasteiger partial charge in [-0.3, -0.25) is 9.59 Å². The fourth-order valence-electron chi connectivity index (χ4n) is 2.37. The summed E-state index contributed by atoms with van der Waals surface area (Å²) in [6.45, 7) is 0.932. The highest BCUT2D eigenvalue weighted by Gasteiger charge is 2.40. The highest BCUT2D eigenvalue weighted by Crippen LogP contribution is 2.33. The zero-order valence-corrected chi connectivity index (χ0v) is 11.6. The first-order valence-corrected chi connectivity index (χ1v) is 6.96. The van der Waals surface area contributed by atoms with Crippen molar-refractivity contribution in [1.29, 1.82) is 0 Å². The van der Waals surface area contributed by atoms with E-state index in [0.29, 0.717) is 13.0 Å². The minimum Gasteiger partial charge on any atom is -0.466 e. The van der Waals surface area contributed by atoms with Crippen LogP contribution in [0.15, 0.2) is 12.2 Å². The summed E-state index contributed by atoms with van der Waals surface area (Å²) in [5, 5.41) is 2.72. The molecule has 6 nitrogen and oxygen atoms in total. The lowest BCUT2D eigenvalue weighted by atomic mass is 10.2. The molecule has 1 aliphatic carbocycles. The van der Waals surface area contributed by atoms with Gasteiger partial charge in [0, 0.05) is 25.1 Å². The lowest BCUT2D eigenvalue weighted by molar-refractivity contribution is -0.139. The van der Waals surface area contributed by atoms with Gasteiger partial charge in [0.1, 0.15) is 6.04 Å². The molecule has 2 rings (SSSR count). The van der Waals surface area contributed by atoms with Gasteiger partial charge in [-0.05, 0) is 25.7 Å². The molecule has 20 heavy (non-hydrogen) atoms. The van der Waals surface area contributed by atoms with Crippen LogP contribution in [0.1, 0.15) is 25.7 Å². The first-order valence-electron chi connectivity index (χ1n) is 6.96. The number of carbonyl (C=O) groups is 3. The van der Waals surface area contributed by atoms with Gasteiger partial charge in [-0.15, -0.1) is 0 Å². The topological polar surface area (TPSA) is 75.7 Å². The van der Waals surface area contributed by atoms with Crippen molar-refractivity contribution in [1.82, 2.24) is 10.2 Å². The quantitative estimate of drug-likeness (QED) is 0.578. The average molecular weight is 280 g/mol. The molecule has 1 saturated heterocycles. The Morgan fingerprint density at radius 1 is 1.30 bits per heavy atom. The van der Waals surface area contributed by atoms with E-state index >= 15 is 0 Å². The van der Waals surface area contributed by atoms with Gasteiger partial charge in [-0.25, -0.2) is 4.79 Å². The summed E-state index contributed by atoms with van der Waals surface area (Å²) < 4.78 is 4.45. The Morgan fingerprint density at radius 2 is 2.05 bits per heavy atom. The normalized spacial score (nSPS) is 22.1. The number of methoxy groups -OCH3 is 1. The van der Waals surface area contributed by atoms with E-state index in [2.05, 4.69) is 10.1 Å². The largest absolute Gasteiger partial charge is 0.466 e. The number of nitrogens with zero attached hydrogens (tertiary/aromatic N) is 1. The number of hydrogen-bond donors (Lipinski definition) is 1. The third kappa shape index (κ3) is 3.59. The van der Waals surface area contributed by atoms with Gasteiger partial charge in [0.05, 0.1) is 7.11 Å². The van der Waals surface area contributed by atoms with Crippen molar-refractivity contribution in [2.45, 2.75) is 31.7 Å². The molecular formula is C14H20N2O4. The van der Waals surface area contributed by atoms with E-state index in [4.69, 9.17) is 0 Å². The predicted octanol–water partition coefficient (Wildman–Crippen LogP) is 0.233. The van der Waals surface area contributed by atoms with Gasteiger partial charge in [-0.1, -0.05) is 6.08 Å². The zero-order chi connectivity index (χ0) is 14.5. The summed E-state index contributed by atoms with van der Waals surface area (Å²) in [5.41, 5.74) is 0. The number of nitrogens with one attached hydrogen (secondary N) is 1. The zero-order valence-electron chi connectivity index (χ0n) is 11.6. The van der Waals surface area contributed by atoms with Crippen molar-refractivity contribution in [2.24, 2.45) is 5.92 Å². The van der Waals surface area contributed by atoms with Crippen LogP contribution in [0.2, 0.25) is 0 Å². The smallest absolute Gasteiger partial charge is 0.330 e. The Morgan fingerprint density at radius 3 is 2.70 bits per heavy atom. The second-order valence-corrected chi connectivity index (χ2v) is 5.13. The van der Waals surface area contributed by atoms with Crippen LogP contribution in [0.4, 0.5) is 0 Å². The molecule has 110 valence electrons. The molecule has 0 aromatic rings. The van der Waals surface area contributed by atoms with Gasteiger partial charge in [0.25, 0.3) is 0 Å². The van der Waals surface area contributed by atoms with Crippen molar-refractivity contribution in [3.8, 4) is 0 Å². The van der Waals surface area contributed by atoms with Gasteiger partial charge in [0.2, 0.25) is 11.8 Å². The first-order chi connectivity index (χ1) is 9.63. The second-order valence-electron chi connectivity index (χ2n) is 5.13. The fraction of sp³-hybridized carbons (Fsp3) is 0.643. The lowest BCUT2D eigenvalue weighted by Crippen LogP contribution is -2.46. The SMILES string of the molecule is COC(=O)/C=C/CNC(=O)[C@@H]1CCCN1C(=O)C1CC1. The van der Waals surface area contributed by atoms with Gasteiger partial charge in [0.15, 0.2) is 0 Å². The Hall–Kier alpha value is -1.85. The van der Waals surface area contributed by atoms with Crippen molar-refractivity contribution in [3.63, 3.8) is 0 Å². The highest BCUT2D eigenvalue weighted by molar-refractivity contribution is 5.90. The minimum atomic E-state index is -0.453. The molecule has 0 spiro atoms. The lowest BCUT2D eigenvalue weighted by Gasteiger charge is -2.23. The molecule has 1 heterocycles. The minimum absolute atomic E-state index is 0.118. The summed E-state index contributed by atoms with van der Waals surface area (Å²) >= 11 is 0. The number of rotatable bonds is 5. The molecule has 2 fully saturated rings. The Balaban J connectivity index is 1.80. The van der Waals surface area contributed by atoms with Crippen LogP contribution in [-0.2, 0) is 19.1 Å². The molecule has 2 aliphatic rings. The van der Waals surface area contributed by atoms with E-state index in [0.717, 1.165) is 19.3 Å². The number of carbonyl (C=O) groups excluding carboxylic acids is 3. The van der Waals surface area contributed by atoms with Crippen LogP contribution in [0, 0.1) is 5.92 Å². The Labute approximate surface area is 118 Å². The van der Waals surface area contributed by atoms with Crippen molar-refractivity contribution in [2.75, 3.05) is 20.2 Å². The van der Waals surface area contributed by atoms with Crippen molar-refractivity contribution < 1.29 is 19.1 Å². The highest BCUT2D eigenvalue weighted by atomic mass is 16.5. The van der Waals surface area contributed by atoms with Crippen LogP contribution >= 0.6 is 0 Å². The van der Waals surface area contributed by atoms with Crippen LogP contribution in [-0.4, -0.2) is 48.9 Å². The summed E-state index contributed by atoms with van der Waals surface area (Å²) in [6, 6.07) is -0.352. The third-order valence-electron chi connectivity index (χ3n) is 3.61. The number of amides is 2. The van der Waals surface area contributed by atoms with Crippen molar-refractivity contribution >= 4 is 17.8 Å². The second kappa shape index (κ2) is 6.54. The maximum absolute atomic E-state index is 12.1. The number of likely N-dealkylation sites (tertiary alicyclic amines) is 1. The van der Waals surface area contributed by atoms with E-state index in [1.807, 2.05) is 0 Å². The van der Waals surface area contributed by atoms with Crippen LogP contribution < -0.4 is 5.32 Å². The van der Waals surface area contributed by atoms with Crippen LogP contribution in [0.25, 0.3) is 0 Å². The van der Waals surface area contributed by atoms with E-state index in [-0.39, 0.29) is 30.3 Å². The molecule has 0 aromatic heterocycles. The third-order valence-corrected chi connectivity index (χ3v) is 3.61. The molecule has 0 bridgehead atoms. The van der Waals surface area contributed by atoms with Gasteiger partial charge >= 0.3 is 5.97 Å². The Bertz CT molecular complexity index is 429. The fourth-order valence-corrected chi connectivity index (χ4v) is 2.37. The number of ether oxygens (including phenoxy) is 1. The van der Waals surface area contributed by atoms with Crippen LogP contribution in [0.5, 0.6) is 0 Å². The maximum atomic E-state index is 12.1. The number of esters is 1. The molecule has 6 heteroatoms. The molecule has 0 unspecified atom stereocenters. The van der Waals surface area contributed by atoms with E-state index in [1.54, 1.807) is 4.90 Å². The average Bonchev–Trinajstić information content (AvgIpc) is 3.19. The Kier molecular flexibility index (Phi) is 4.76. The van der Waals surface area contributed by atoms with E-state index in [1.165, 1.54) is 19.3 Å². The molecule has 0 aromatic carbocycles. The maximum Gasteiger partial charge on any atom is 0.330 e. The van der Waals surface area contributed by atoms with Crippen LogP contribution in [0.3, 0.4) is 0 Å². The summed E-state index contributed by atoms with van der Waals surface area (Å²) in [6.07, 6.45) is 6.28. The number of hydrogen-bond acceptors (Lipinski definition) is 4. The van der Waals surface area contributed by atoms with Gasteiger partial charge in [-0.2, -0.15) is 0 Å². The monoisotopic (exact) mass is 280 g/mol. The van der Waals surface area contributed by atoms with Gasteiger partial charge < -0.3 is 15.0 Å². The molecular weight excluding hydrogens is 260 g/mol. The molecule has 1 atom stereocenters. The van der Waals surface area contributed by atoms with Crippen molar-refractivity contribution in [3.05, 3.63) is 12.2 Å². The van der Waals surface area contributed by atoms with E-state index in [9.17, 15) is 14.4 Å². The standard InChI is InChI=1S/C14H20N2O4/c1-20-12(17)5-2-8-15-13(18)11-4-3-9-16(11)14(19)10-6-7-10/h2,5,10-11H,3-4,6-9H2,1H3,(H,15,18)/b5-2+/t11-/m0/s1. The molecule has 1 N–H and O–H groups in total. The van der Waals surface area contributed by atoms with E-state index < -0.39 is 5.97 Å². The molecule has 1 saturated carbocycles. The summed E-state index contributed by atoms with van der Waals surface area (Å²) in [7, 11) is 1.30. The first kappa shape index (κ1) is 14.6. The molecule has 2 amide bonds. The molecule has 0 radical (unpaired) electrons. The summed E-state index contributed by atoms with van der Waals surface area (Å²) in [4.78, 5) is 36.7. The predicted molar refractivity (Wildman–Crippen MR) is 71.6 cm³/mol.